The molecule has 1 amide bonds. The molecule has 4 heteroatoms. The van der Waals surface area contributed by atoms with Gasteiger partial charge in [-0.3, -0.25) is 4.79 Å². The maximum atomic E-state index is 11.5. The lowest BCUT2D eigenvalue weighted by Gasteiger charge is -2.16. The first-order valence-corrected chi connectivity index (χ1v) is 5.60. The largest absolute Gasteiger partial charge is 0.372 e. The van der Waals surface area contributed by atoms with E-state index in [4.69, 9.17) is 0 Å². The molecule has 0 radical (unpaired) electrons. The minimum Gasteiger partial charge on any atom is -0.372 e. The minimum atomic E-state index is 0.232. The number of nitrogens with one attached hydrogen (secondary N) is 2. The van der Waals surface area contributed by atoms with Crippen molar-refractivity contribution in [3.05, 3.63) is 24.3 Å². The van der Waals surface area contributed by atoms with Gasteiger partial charge in [-0.2, -0.15) is 0 Å². The lowest BCUT2D eigenvalue weighted by atomic mass is 10.2. The van der Waals surface area contributed by atoms with E-state index in [9.17, 15) is 4.79 Å². The number of carbonyl (C=O) groups is 1. The highest BCUT2D eigenvalue weighted by molar-refractivity contribution is 5.95. The van der Waals surface area contributed by atoms with Crippen molar-refractivity contribution in [3.8, 4) is 0 Å². The summed E-state index contributed by atoms with van der Waals surface area (Å²) in [5, 5.41) is 6.23. The van der Waals surface area contributed by atoms with Crippen LogP contribution in [-0.2, 0) is 4.79 Å². The molecular formula is C12H17N3O. The van der Waals surface area contributed by atoms with Crippen LogP contribution in [0.4, 0.5) is 11.4 Å². The predicted octanol–water partition coefficient (Wildman–Crippen LogP) is 1.40. The van der Waals surface area contributed by atoms with Crippen LogP contribution in [0, 0.1) is 0 Å². The normalized spacial score (nSPS) is 15.6. The summed E-state index contributed by atoms with van der Waals surface area (Å²) in [5.41, 5.74) is 2.06. The molecule has 0 atom stereocenters. The Morgan fingerprint density at radius 2 is 2.06 bits per heavy atom. The Bertz CT molecular complexity index is 361. The van der Waals surface area contributed by atoms with E-state index in [1.807, 2.05) is 36.2 Å². The number of benzene rings is 1. The van der Waals surface area contributed by atoms with Crippen molar-refractivity contribution in [2.45, 2.75) is 12.8 Å². The van der Waals surface area contributed by atoms with Crippen LogP contribution in [0.5, 0.6) is 0 Å². The van der Waals surface area contributed by atoms with Crippen LogP contribution in [0.15, 0.2) is 24.3 Å². The minimum absolute atomic E-state index is 0.232. The summed E-state index contributed by atoms with van der Waals surface area (Å²) in [7, 11) is 1.89. The van der Waals surface area contributed by atoms with Crippen LogP contribution >= 0.6 is 0 Å². The van der Waals surface area contributed by atoms with Crippen molar-refractivity contribution in [2.75, 3.05) is 30.5 Å². The van der Waals surface area contributed by atoms with Crippen molar-refractivity contribution in [3.63, 3.8) is 0 Å². The average Bonchev–Trinajstić information content (AvgIpc) is 2.74. The van der Waals surface area contributed by atoms with Gasteiger partial charge in [0.15, 0.2) is 0 Å². The molecular weight excluding hydrogens is 202 g/mol. The standard InChI is InChI=1S/C12H17N3O/c1-13-9-14-10-4-6-11(7-5-10)15-8-2-3-12(15)16/h4-7,13-14H,2-3,8-9H2,1H3. The van der Waals surface area contributed by atoms with Gasteiger partial charge in [-0.1, -0.05) is 0 Å². The molecule has 1 heterocycles. The van der Waals surface area contributed by atoms with E-state index in [1.54, 1.807) is 0 Å². The number of carbonyl (C=O) groups excluding carboxylic acids is 1. The highest BCUT2D eigenvalue weighted by Crippen LogP contribution is 2.22. The Morgan fingerprint density at radius 3 is 2.62 bits per heavy atom. The molecule has 0 aromatic heterocycles. The molecule has 1 aromatic carbocycles. The second kappa shape index (κ2) is 4.99. The second-order valence-electron chi connectivity index (χ2n) is 3.90. The van der Waals surface area contributed by atoms with Gasteiger partial charge < -0.3 is 15.5 Å². The third-order valence-electron chi connectivity index (χ3n) is 2.72. The van der Waals surface area contributed by atoms with Gasteiger partial charge in [0, 0.05) is 24.3 Å². The molecule has 2 rings (SSSR count). The molecule has 1 aliphatic rings. The van der Waals surface area contributed by atoms with Crippen LogP contribution in [0.2, 0.25) is 0 Å². The van der Waals surface area contributed by atoms with Crippen molar-refractivity contribution >= 4 is 17.3 Å². The Labute approximate surface area is 95.6 Å². The summed E-state index contributed by atoms with van der Waals surface area (Å²) in [6, 6.07) is 7.97. The van der Waals surface area contributed by atoms with Gasteiger partial charge in [0.2, 0.25) is 5.91 Å². The SMILES string of the molecule is CNCNc1ccc(N2CCCC2=O)cc1. The maximum Gasteiger partial charge on any atom is 0.227 e. The quantitative estimate of drug-likeness (QED) is 0.752. The monoisotopic (exact) mass is 219 g/mol. The zero-order chi connectivity index (χ0) is 11.4. The molecule has 16 heavy (non-hydrogen) atoms. The molecule has 86 valence electrons. The van der Waals surface area contributed by atoms with Crippen LogP contribution in [0.25, 0.3) is 0 Å². The third kappa shape index (κ3) is 2.33. The Balaban J connectivity index is 2.04. The van der Waals surface area contributed by atoms with Crippen LogP contribution in [0.1, 0.15) is 12.8 Å². The van der Waals surface area contributed by atoms with Crippen LogP contribution in [-0.4, -0.2) is 26.2 Å². The smallest absolute Gasteiger partial charge is 0.227 e. The fourth-order valence-corrected chi connectivity index (χ4v) is 1.87. The summed E-state index contributed by atoms with van der Waals surface area (Å²) in [6.07, 6.45) is 1.65. The van der Waals surface area contributed by atoms with Gasteiger partial charge in [0.25, 0.3) is 0 Å². The van der Waals surface area contributed by atoms with Crippen molar-refractivity contribution in [1.29, 1.82) is 0 Å². The summed E-state index contributed by atoms with van der Waals surface area (Å²) in [6.45, 7) is 1.59. The summed E-state index contributed by atoms with van der Waals surface area (Å²) in [5.74, 6) is 0.232. The molecule has 4 nitrogen and oxygen atoms in total. The summed E-state index contributed by atoms with van der Waals surface area (Å²) in [4.78, 5) is 13.4. The Kier molecular flexibility index (Phi) is 3.41. The molecule has 0 bridgehead atoms. The zero-order valence-electron chi connectivity index (χ0n) is 9.49. The van der Waals surface area contributed by atoms with Gasteiger partial charge in [-0.15, -0.1) is 0 Å². The molecule has 1 aliphatic heterocycles. The molecule has 0 saturated carbocycles. The van der Waals surface area contributed by atoms with E-state index < -0.39 is 0 Å². The molecule has 1 aromatic rings. The number of rotatable bonds is 4. The van der Waals surface area contributed by atoms with Gasteiger partial charge >= 0.3 is 0 Å². The van der Waals surface area contributed by atoms with Crippen molar-refractivity contribution < 1.29 is 4.79 Å². The van der Waals surface area contributed by atoms with Crippen LogP contribution in [0.3, 0.4) is 0 Å². The number of nitrogens with zero attached hydrogens (tertiary/aromatic N) is 1. The first kappa shape index (κ1) is 11.0. The second-order valence-corrected chi connectivity index (χ2v) is 3.90. The summed E-state index contributed by atoms with van der Waals surface area (Å²) >= 11 is 0. The predicted molar refractivity (Wildman–Crippen MR) is 65.6 cm³/mol. The highest BCUT2D eigenvalue weighted by atomic mass is 16.2. The number of anilines is 2. The van der Waals surface area contributed by atoms with E-state index >= 15 is 0 Å². The number of hydrogen-bond acceptors (Lipinski definition) is 3. The number of hydrogen-bond donors (Lipinski definition) is 2. The first-order valence-electron chi connectivity index (χ1n) is 5.60. The maximum absolute atomic E-state index is 11.5. The van der Waals surface area contributed by atoms with E-state index in [1.165, 1.54) is 0 Å². The molecule has 1 fully saturated rings. The molecule has 2 N–H and O–H groups in total. The van der Waals surface area contributed by atoms with Crippen molar-refractivity contribution in [2.24, 2.45) is 0 Å². The average molecular weight is 219 g/mol. The molecule has 0 spiro atoms. The zero-order valence-corrected chi connectivity index (χ0v) is 9.49. The van der Waals surface area contributed by atoms with E-state index in [0.717, 1.165) is 31.0 Å². The van der Waals surface area contributed by atoms with Gasteiger partial charge in [0.05, 0.1) is 6.67 Å². The van der Waals surface area contributed by atoms with E-state index in [-0.39, 0.29) is 5.91 Å². The van der Waals surface area contributed by atoms with E-state index in [0.29, 0.717) is 6.42 Å². The molecule has 0 aliphatic carbocycles. The topological polar surface area (TPSA) is 44.4 Å². The van der Waals surface area contributed by atoms with Crippen LogP contribution < -0.4 is 15.5 Å². The lowest BCUT2D eigenvalue weighted by molar-refractivity contribution is -0.117. The lowest BCUT2D eigenvalue weighted by Crippen LogP contribution is -2.23. The van der Waals surface area contributed by atoms with Gasteiger partial charge in [0.1, 0.15) is 0 Å². The van der Waals surface area contributed by atoms with Gasteiger partial charge in [-0.25, -0.2) is 0 Å². The number of amides is 1. The highest BCUT2D eigenvalue weighted by Gasteiger charge is 2.21. The Morgan fingerprint density at radius 1 is 1.31 bits per heavy atom. The Hall–Kier alpha value is -1.55. The van der Waals surface area contributed by atoms with Crippen molar-refractivity contribution in [1.82, 2.24) is 5.32 Å². The third-order valence-corrected chi connectivity index (χ3v) is 2.72. The van der Waals surface area contributed by atoms with E-state index in [2.05, 4.69) is 10.6 Å². The fourth-order valence-electron chi connectivity index (χ4n) is 1.87. The first-order chi connectivity index (χ1) is 7.81. The fraction of sp³-hybridized carbons (Fsp3) is 0.417. The van der Waals surface area contributed by atoms with Gasteiger partial charge in [-0.05, 0) is 37.7 Å². The summed E-state index contributed by atoms with van der Waals surface area (Å²) < 4.78 is 0. The molecule has 0 unspecified atom stereocenters. The molecule has 1 saturated heterocycles.